The molecular formula is C15H16ClN7O. The molecule has 9 heteroatoms. The van der Waals surface area contributed by atoms with Crippen LogP contribution < -0.4 is 10.6 Å². The van der Waals surface area contributed by atoms with E-state index in [1.807, 2.05) is 6.07 Å². The zero-order valence-corrected chi connectivity index (χ0v) is 13.4. The largest absolute Gasteiger partial charge is 0.369 e. The van der Waals surface area contributed by atoms with Crippen LogP contribution in [0.4, 0.5) is 5.69 Å². The summed E-state index contributed by atoms with van der Waals surface area (Å²) >= 11 is 0. The summed E-state index contributed by atoms with van der Waals surface area (Å²) in [6.45, 7) is 0. The van der Waals surface area contributed by atoms with Crippen LogP contribution in [0, 0.1) is 5.41 Å². The minimum atomic E-state index is -0.366. The number of para-hydroxylation sites is 1. The maximum Gasteiger partial charge on any atom is 0.268 e. The van der Waals surface area contributed by atoms with Crippen LogP contribution >= 0.6 is 12.4 Å². The fourth-order valence-corrected chi connectivity index (χ4v) is 2.76. The zero-order chi connectivity index (χ0) is 16.0. The molecule has 4 rings (SSSR count). The number of halogens is 1. The number of nitrogens with one attached hydrogen (secondary N) is 3. The van der Waals surface area contributed by atoms with E-state index in [-0.39, 0.29) is 24.3 Å². The quantitative estimate of drug-likeness (QED) is 0.428. The van der Waals surface area contributed by atoms with Crippen LogP contribution in [0.15, 0.2) is 30.6 Å². The van der Waals surface area contributed by atoms with Gasteiger partial charge in [0, 0.05) is 11.3 Å². The van der Waals surface area contributed by atoms with E-state index < -0.39 is 0 Å². The number of rotatable bonds is 3. The molecule has 0 bridgehead atoms. The van der Waals surface area contributed by atoms with Crippen LogP contribution in [-0.4, -0.2) is 32.3 Å². The average molecular weight is 346 g/mol. The van der Waals surface area contributed by atoms with E-state index in [4.69, 9.17) is 11.1 Å². The predicted octanol–water partition coefficient (Wildman–Crippen LogP) is 2.13. The van der Waals surface area contributed by atoms with Gasteiger partial charge >= 0.3 is 0 Å². The molecule has 0 radical (unpaired) electrons. The lowest BCUT2D eigenvalue weighted by Gasteiger charge is -2.21. The van der Waals surface area contributed by atoms with Crippen molar-refractivity contribution in [1.82, 2.24) is 20.4 Å². The molecule has 2 heterocycles. The molecule has 0 atom stereocenters. The molecule has 1 aliphatic rings. The number of guanidine groups is 1. The Bertz CT molecular complexity index is 911. The zero-order valence-electron chi connectivity index (χ0n) is 12.6. The van der Waals surface area contributed by atoms with Crippen molar-refractivity contribution in [3.8, 4) is 0 Å². The Labute approximate surface area is 143 Å². The highest BCUT2D eigenvalue weighted by molar-refractivity contribution is 6.23. The Kier molecular flexibility index (Phi) is 3.98. The standard InChI is InChI=1S/C15H15N7O.ClH/c16-15(17)22(11-3-1-2-9-6-18-21-13(9)11)14(23)10-7-19-20-12(10)8-4-5-8;/h1-3,6-8H,4-5H2,(H3,16,17)(H,18,21)(H,19,20);1H. The molecule has 0 saturated heterocycles. The Hall–Kier alpha value is -2.87. The van der Waals surface area contributed by atoms with Gasteiger partial charge < -0.3 is 5.73 Å². The molecule has 0 unspecified atom stereocenters. The van der Waals surface area contributed by atoms with Gasteiger partial charge in [0.2, 0.25) is 0 Å². The Balaban J connectivity index is 0.00000169. The van der Waals surface area contributed by atoms with Crippen molar-refractivity contribution in [3.63, 3.8) is 0 Å². The van der Waals surface area contributed by atoms with E-state index in [1.165, 1.54) is 11.1 Å². The van der Waals surface area contributed by atoms with Crippen LogP contribution in [0.1, 0.15) is 34.8 Å². The summed E-state index contributed by atoms with van der Waals surface area (Å²) in [7, 11) is 0. The third-order valence-electron chi connectivity index (χ3n) is 4.02. The summed E-state index contributed by atoms with van der Waals surface area (Å²) in [5.41, 5.74) is 8.14. The lowest BCUT2D eigenvalue weighted by molar-refractivity contribution is 0.100. The van der Waals surface area contributed by atoms with E-state index in [9.17, 15) is 4.79 Å². The molecule has 0 spiro atoms. The molecule has 24 heavy (non-hydrogen) atoms. The van der Waals surface area contributed by atoms with E-state index in [2.05, 4.69) is 20.4 Å². The second-order valence-electron chi connectivity index (χ2n) is 5.61. The fourth-order valence-electron chi connectivity index (χ4n) is 2.76. The SMILES string of the molecule is Cl.N=C(N)N(C(=O)c1cn[nH]c1C1CC1)c1cccc2cn[nH]c12. The number of H-pyrrole nitrogens is 2. The first-order valence-corrected chi connectivity index (χ1v) is 7.30. The number of carbonyl (C=O) groups is 1. The van der Waals surface area contributed by atoms with Crippen molar-refractivity contribution in [2.24, 2.45) is 5.73 Å². The van der Waals surface area contributed by atoms with Gasteiger partial charge in [0.25, 0.3) is 5.91 Å². The number of aromatic amines is 2. The summed E-state index contributed by atoms with van der Waals surface area (Å²) in [6.07, 6.45) is 5.24. The second-order valence-corrected chi connectivity index (χ2v) is 5.61. The van der Waals surface area contributed by atoms with Gasteiger partial charge in [-0.1, -0.05) is 12.1 Å². The number of aromatic nitrogens is 4. The lowest BCUT2D eigenvalue weighted by atomic mass is 10.1. The Morgan fingerprint density at radius 1 is 1.25 bits per heavy atom. The Morgan fingerprint density at radius 3 is 2.71 bits per heavy atom. The third-order valence-corrected chi connectivity index (χ3v) is 4.02. The first kappa shape index (κ1) is 16.0. The predicted molar refractivity (Wildman–Crippen MR) is 92.6 cm³/mol. The van der Waals surface area contributed by atoms with E-state index in [0.29, 0.717) is 22.7 Å². The van der Waals surface area contributed by atoms with Gasteiger partial charge in [-0.2, -0.15) is 10.2 Å². The number of amides is 1. The molecule has 124 valence electrons. The highest BCUT2D eigenvalue weighted by Gasteiger charge is 2.33. The Morgan fingerprint density at radius 2 is 2.00 bits per heavy atom. The van der Waals surface area contributed by atoms with E-state index in [0.717, 1.165) is 23.9 Å². The average Bonchev–Trinajstić information content (AvgIpc) is 3.07. The smallest absolute Gasteiger partial charge is 0.268 e. The fraction of sp³-hybridized carbons (Fsp3) is 0.200. The molecule has 1 aliphatic carbocycles. The van der Waals surface area contributed by atoms with Gasteiger partial charge in [-0.3, -0.25) is 20.4 Å². The van der Waals surface area contributed by atoms with Crippen molar-refractivity contribution in [3.05, 3.63) is 41.9 Å². The lowest BCUT2D eigenvalue weighted by Crippen LogP contribution is -2.41. The van der Waals surface area contributed by atoms with Crippen molar-refractivity contribution in [1.29, 1.82) is 5.41 Å². The topological polar surface area (TPSA) is 128 Å². The van der Waals surface area contributed by atoms with E-state index in [1.54, 1.807) is 18.3 Å². The minimum Gasteiger partial charge on any atom is -0.369 e. The summed E-state index contributed by atoms with van der Waals surface area (Å²) in [5.74, 6) is -0.372. The molecule has 5 N–H and O–H groups in total. The summed E-state index contributed by atoms with van der Waals surface area (Å²) in [4.78, 5) is 14.2. The number of hydrogen-bond acceptors (Lipinski definition) is 4. The monoisotopic (exact) mass is 345 g/mol. The number of anilines is 1. The molecule has 1 fully saturated rings. The highest BCUT2D eigenvalue weighted by atomic mass is 35.5. The number of carbonyl (C=O) groups excluding carboxylic acids is 1. The molecule has 1 amide bonds. The van der Waals surface area contributed by atoms with Gasteiger partial charge in [-0.25, -0.2) is 4.90 Å². The van der Waals surface area contributed by atoms with Crippen molar-refractivity contribution >= 4 is 40.9 Å². The molecule has 8 nitrogen and oxygen atoms in total. The van der Waals surface area contributed by atoms with Crippen LogP contribution in [0.3, 0.4) is 0 Å². The molecule has 1 aromatic carbocycles. The highest BCUT2D eigenvalue weighted by Crippen LogP contribution is 2.41. The van der Waals surface area contributed by atoms with Gasteiger partial charge in [-0.05, 0) is 18.9 Å². The number of nitrogens with two attached hydrogens (primary N) is 1. The van der Waals surface area contributed by atoms with Crippen molar-refractivity contribution < 1.29 is 4.79 Å². The minimum absolute atomic E-state index is 0. The van der Waals surface area contributed by atoms with E-state index >= 15 is 0 Å². The van der Waals surface area contributed by atoms with Crippen molar-refractivity contribution in [2.45, 2.75) is 18.8 Å². The summed E-state index contributed by atoms with van der Waals surface area (Å²) < 4.78 is 0. The van der Waals surface area contributed by atoms with Gasteiger partial charge in [0.05, 0.1) is 34.9 Å². The van der Waals surface area contributed by atoms with Crippen LogP contribution in [-0.2, 0) is 0 Å². The number of benzene rings is 1. The van der Waals surface area contributed by atoms with Crippen LogP contribution in [0.5, 0.6) is 0 Å². The van der Waals surface area contributed by atoms with Crippen molar-refractivity contribution in [2.75, 3.05) is 4.90 Å². The van der Waals surface area contributed by atoms with Gasteiger partial charge in [-0.15, -0.1) is 12.4 Å². The molecule has 2 aromatic heterocycles. The number of nitrogens with zero attached hydrogens (tertiary/aromatic N) is 3. The maximum absolute atomic E-state index is 13.0. The first-order chi connectivity index (χ1) is 11.2. The second kappa shape index (κ2) is 5.97. The number of hydrogen-bond donors (Lipinski definition) is 4. The first-order valence-electron chi connectivity index (χ1n) is 7.30. The molecular weight excluding hydrogens is 330 g/mol. The molecule has 0 aliphatic heterocycles. The van der Waals surface area contributed by atoms with Crippen LogP contribution in [0.2, 0.25) is 0 Å². The summed E-state index contributed by atoms with van der Waals surface area (Å²) in [6, 6.07) is 5.41. The third kappa shape index (κ3) is 2.50. The van der Waals surface area contributed by atoms with Crippen LogP contribution in [0.25, 0.3) is 10.9 Å². The molecule has 1 saturated carbocycles. The molecule has 3 aromatic rings. The summed E-state index contributed by atoms with van der Waals surface area (Å²) in [5, 5.41) is 22.4. The maximum atomic E-state index is 13.0. The normalized spacial score (nSPS) is 13.5. The van der Waals surface area contributed by atoms with Gasteiger partial charge in [0.15, 0.2) is 5.96 Å². The van der Waals surface area contributed by atoms with Gasteiger partial charge in [0.1, 0.15) is 0 Å². The number of fused-ring (bicyclic) bond motifs is 1.